The number of methoxy groups -OCH3 is 2. The van der Waals surface area contributed by atoms with Crippen molar-refractivity contribution in [3.8, 4) is 22.6 Å². The minimum absolute atomic E-state index is 0.646. The van der Waals surface area contributed by atoms with E-state index >= 15 is 0 Å². The standard InChI is InChI=1S/C17H24N4O2/c1-21(2)9-5-8-18-17-19-11-14(12-20-17)13-6-7-15(22-3)16(10-13)23-4/h6-7,10-12H,5,8-9H2,1-4H3,(H,18,19,20). The van der Waals surface area contributed by atoms with Gasteiger partial charge in [0.2, 0.25) is 5.95 Å². The minimum atomic E-state index is 0.646. The number of anilines is 1. The maximum atomic E-state index is 5.32. The molecule has 0 fully saturated rings. The summed E-state index contributed by atoms with van der Waals surface area (Å²) in [5.41, 5.74) is 1.92. The lowest BCUT2D eigenvalue weighted by molar-refractivity contribution is 0.355. The molecule has 1 aromatic carbocycles. The molecule has 1 aromatic heterocycles. The molecule has 0 saturated carbocycles. The number of nitrogens with zero attached hydrogens (tertiary/aromatic N) is 3. The number of hydrogen-bond acceptors (Lipinski definition) is 6. The van der Waals surface area contributed by atoms with Crippen LogP contribution >= 0.6 is 0 Å². The fourth-order valence-electron chi connectivity index (χ4n) is 2.18. The topological polar surface area (TPSA) is 59.5 Å². The highest BCUT2D eigenvalue weighted by Crippen LogP contribution is 2.31. The molecule has 0 aliphatic heterocycles. The Morgan fingerprint density at radius 1 is 1.00 bits per heavy atom. The fraction of sp³-hybridized carbons (Fsp3) is 0.412. The maximum absolute atomic E-state index is 5.32. The van der Waals surface area contributed by atoms with Gasteiger partial charge in [-0.25, -0.2) is 9.97 Å². The smallest absolute Gasteiger partial charge is 0.222 e. The molecule has 0 atom stereocenters. The lowest BCUT2D eigenvalue weighted by Crippen LogP contribution is -2.16. The molecular weight excluding hydrogens is 292 g/mol. The van der Waals surface area contributed by atoms with Crippen LogP contribution < -0.4 is 14.8 Å². The largest absolute Gasteiger partial charge is 0.493 e. The first-order valence-corrected chi connectivity index (χ1v) is 7.57. The van der Waals surface area contributed by atoms with Crippen molar-refractivity contribution >= 4 is 5.95 Å². The summed E-state index contributed by atoms with van der Waals surface area (Å²) in [5.74, 6) is 2.04. The lowest BCUT2D eigenvalue weighted by atomic mass is 10.1. The van der Waals surface area contributed by atoms with Gasteiger partial charge in [0, 0.05) is 24.5 Å². The van der Waals surface area contributed by atoms with Gasteiger partial charge >= 0.3 is 0 Å². The summed E-state index contributed by atoms with van der Waals surface area (Å²) in [6, 6.07) is 5.76. The molecule has 6 heteroatoms. The van der Waals surface area contributed by atoms with Crippen LogP contribution in [-0.4, -0.2) is 56.3 Å². The summed E-state index contributed by atoms with van der Waals surface area (Å²) in [6.45, 7) is 1.89. The number of nitrogens with one attached hydrogen (secondary N) is 1. The third-order valence-electron chi connectivity index (χ3n) is 3.43. The summed E-state index contributed by atoms with van der Waals surface area (Å²) in [6.07, 6.45) is 4.67. The number of hydrogen-bond donors (Lipinski definition) is 1. The first-order chi connectivity index (χ1) is 11.1. The van der Waals surface area contributed by atoms with E-state index in [2.05, 4.69) is 34.3 Å². The van der Waals surface area contributed by atoms with Crippen molar-refractivity contribution in [3.63, 3.8) is 0 Å². The van der Waals surface area contributed by atoms with Crippen molar-refractivity contribution in [2.24, 2.45) is 0 Å². The van der Waals surface area contributed by atoms with Gasteiger partial charge in [0.05, 0.1) is 14.2 Å². The molecule has 0 radical (unpaired) electrons. The second-order valence-corrected chi connectivity index (χ2v) is 5.45. The third kappa shape index (κ3) is 4.82. The quantitative estimate of drug-likeness (QED) is 0.755. The normalized spacial score (nSPS) is 10.7. The molecule has 6 nitrogen and oxygen atoms in total. The number of rotatable bonds is 8. The van der Waals surface area contributed by atoms with Gasteiger partial charge in [0.25, 0.3) is 0 Å². The highest BCUT2D eigenvalue weighted by atomic mass is 16.5. The van der Waals surface area contributed by atoms with Crippen LogP contribution in [0.1, 0.15) is 6.42 Å². The van der Waals surface area contributed by atoms with E-state index < -0.39 is 0 Å². The van der Waals surface area contributed by atoms with Gasteiger partial charge in [0.15, 0.2) is 11.5 Å². The molecule has 0 aliphatic carbocycles. The van der Waals surface area contributed by atoms with Crippen LogP contribution in [0.25, 0.3) is 11.1 Å². The van der Waals surface area contributed by atoms with E-state index in [1.807, 2.05) is 30.6 Å². The average molecular weight is 316 g/mol. The summed E-state index contributed by atoms with van der Waals surface area (Å²) in [7, 11) is 7.37. The Morgan fingerprint density at radius 3 is 2.30 bits per heavy atom. The molecule has 2 aromatic rings. The number of aromatic nitrogens is 2. The Hall–Kier alpha value is -2.34. The van der Waals surface area contributed by atoms with E-state index in [1.165, 1.54) is 0 Å². The lowest BCUT2D eigenvalue weighted by Gasteiger charge is -2.11. The van der Waals surface area contributed by atoms with Crippen molar-refractivity contribution < 1.29 is 9.47 Å². The molecule has 0 bridgehead atoms. The maximum Gasteiger partial charge on any atom is 0.222 e. The van der Waals surface area contributed by atoms with E-state index in [4.69, 9.17) is 9.47 Å². The Balaban J connectivity index is 2.02. The molecule has 1 heterocycles. The van der Waals surface area contributed by atoms with Crippen molar-refractivity contribution in [3.05, 3.63) is 30.6 Å². The molecule has 0 amide bonds. The molecule has 1 N–H and O–H groups in total. The van der Waals surface area contributed by atoms with E-state index in [0.717, 1.165) is 30.6 Å². The van der Waals surface area contributed by atoms with Crippen LogP contribution in [0.5, 0.6) is 11.5 Å². The van der Waals surface area contributed by atoms with E-state index in [-0.39, 0.29) is 0 Å². The van der Waals surface area contributed by atoms with Crippen LogP contribution in [0.15, 0.2) is 30.6 Å². The first kappa shape index (κ1) is 17.0. The third-order valence-corrected chi connectivity index (χ3v) is 3.43. The highest BCUT2D eigenvalue weighted by molar-refractivity contribution is 5.66. The van der Waals surface area contributed by atoms with Gasteiger partial charge in [-0.3, -0.25) is 0 Å². The molecular formula is C17H24N4O2. The highest BCUT2D eigenvalue weighted by Gasteiger charge is 2.07. The molecule has 0 unspecified atom stereocenters. The van der Waals surface area contributed by atoms with Crippen LogP contribution in [0.2, 0.25) is 0 Å². The van der Waals surface area contributed by atoms with E-state index in [0.29, 0.717) is 17.4 Å². The summed E-state index contributed by atoms with van der Waals surface area (Å²) < 4.78 is 10.6. The van der Waals surface area contributed by atoms with E-state index in [1.54, 1.807) is 14.2 Å². The van der Waals surface area contributed by atoms with Gasteiger partial charge in [-0.2, -0.15) is 0 Å². The van der Waals surface area contributed by atoms with Gasteiger partial charge in [-0.05, 0) is 44.8 Å². The second kappa shape index (κ2) is 8.33. The SMILES string of the molecule is COc1ccc(-c2cnc(NCCCN(C)C)nc2)cc1OC. The average Bonchev–Trinajstić information content (AvgIpc) is 2.58. The minimum Gasteiger partial charge on any atom is -0.493 e. The van der Waals surface area contributed by atoms with Crippen LogP contribution in [-0.2, 0) is 0 Å². The zero-order chi connectivity index (χ0) is 16.7. The summed E-state index contributed by atoms with van der Waals surface area (Å²) >= 11 is 0. The predicted octanol–water partition coefficient (Wildman–Crippen LogP) is 2.52. The van der Waals surface area contributed by atoms with Crippen LogP contribution in [0.3, 0.4) is 0 Å². The molecule has 23 heavy (non-hydrogen) atoms. The van der Waals surface area contributed by atoms with Gasteiger partial charge in [-0.1, -0.05) is 6.07 Å². The molecule has 0 saturated heterocycles. The molecule has 0 spiro atoms. The first-order valence-electron chi connectivity index (χ1n) is 7.57. The molecule has 124 valence electrons. The molecule has 2 rings (SSSR count). The van der Waals surface area contributed by atoms with Gasteiger partial charge in [-0.15, -0.1) is 0 Å². The summed E-state index contributed by atoms with van der Waals surface area (Å²) in [4.78, 5) is 10.9. The Kier molecular flexibility index (Phi) is 6.17. The van der Waals surface area contributed by atoms with E-state index in [9.17, 15) is 0 Å². The van der Waals surface area contributed by atoms with Crippen molar-refractivity contribution in [1.29, 1.82) is 0 Å². The molecule has 0 aliphatic rings. The summed E-state index contributed by atoms with van der Waals surface area (Å²) in [5, 5.41) is 3.23. The van der Waals surface area contributed by atoms with Crippen LogP contribution in [0, 0.1) is 0 Å². The van der Waals surface area contributed by atoms with Gasteiger partial charge < -0.3 is 19.7 Å². The van der Waals surface area contributed by atoms with Crippen molar-refractivity contribution in [2.45, 2.75) is 6.42 Å². The zero-order valence-corrected chi connectivity index (χ0v) is 14.2. The van der Waals surface area contributed by atoms with Crippen LogP contribution in [0.4, 0.5) is 5.95 Å². The number of benzene rings is 1. The van der Waals surface area contributed by atoms with Crippen molar-refractivity contribution in [1.82, 2.24) is 14.9 Å². The number of ether oxygens (including phenoxy) is 2. The fourth-order valence-corrected chi connectivity index (χ4v) is 2.18. The predicted molar refractivity (Wildman–Crippen MR) is 92.2 cm³/mol. The monoisotopic (exact) mass is 316 g/mol. The Morgan fingerprint density at radius 2 is 1.70 bits per heavy atom. The van der Waals surface area contributed by atoms with Gasteiger partial charge in [0.1, 0.15) is 0 Å². The Labute approximate surface area is 137 Å². The second-order valence-electron chi connectivity index (χ2n) is 5.45. The zero-order valence-electron chi connectivity index (χ0n) is 14.2. The van der Waals surface area contributed by atoms with Crippen molar-refractivity contribution in [2.75, 3.05) is 46.7 Å². The Bertz CT molecular complexity index is 614.